The van der Waals surface area contributed by atoms with Gasteiger partial charge in [-0.1, -0.05) is 24.1 Å². The lowest BCUT2D eigenvalue weighted by molar-refractivity contribution is 0.677. The average molecular weight is 240 g/mol. The first-order valence-corrected chi connectivity index (χ1v) is 6.51. The van der Waals surface area contributed by atoms with Gasteiger partial charge in [-0.3, -0.25) is 0 Å². The number of hydrogen-bond acceptors (Lipinski definition) is 1. The van der Waals surface area contributed by atoms with Gasteiger partial charge in [-0.25, -0.2) is 0 Å². The Morgan fingerprint density at radius 1 is 1.28 bits per heavy atom. The second-order valence-corrected chi connectivity index (χ2v) is 4.56. The van der Waals surface area contributed by atoms with Crippen LogP contribution in [0.3, 0.4) is 0 Å². The summed E-state index contributed by atoms with van der Waals surface area (Å²) in [6, 6.07) is 8.50. The highest BCUT2D eigenvalue weighted by atomic mass is 14.9. The summed E-state index contributed by atoms with van der Waals surface area (Å²) >= 11 is 0. The predicted octanol–water partition coefficient (Wildman–Crippen LogP) is 2.82. The number of unbranched alkanes of at least 4 members (excludes halogenated alkanes) is 1. The van der Waals surface area contributed by atoms with Crippen molar-refractivity contribution in [2.75, 3.05) is 13.6 Å². The van der Waals surface area contributed by atoms with Crippen molar-refractivity contribution in [1.29, 1.82) is 0 Å². The Kier molecular flexibility index (Phi) is 4.44. The Hall–Kier alpha value is -1.72. The van der Waals surface area contributed by atoms with Crippen LogP contribution in [0.15, 0.2) is 30.5 Å². The third-order valence-electron chi connectivity index (χ3n) is 3.26. The van der Waals surface area contributed by atoms with Gasteiger partial charge >= 0.3 is 0 Å². The SMILES string of the molecule is C#CCn1cc(CCCCNC)c2ccccc21. The fourth-order valence-corrected chi connectivity index (χ4v) is 2.37. The van der Waals surface area contributed by atoms with E-state index in [-0.39, 0.29) is 0 Å². The highest BCUT2D eigenvalue weighted by Crippen LogP contribution is 2.22. The molecule has 2 nitrogen and oxygen atoms in total. The number of hydrogen-bond donors (Lipinski definition) is 1. The summed E-state index contributed by atoms with van der Waals surface area (Å²) in [4.78, 5) is 0. The van der Waals surface area contributed by atoms with Gasteiger partial charge in [-0.15, -0.1) is 6.42 Å². The van der Waals surface area contributed by atoms with E-state index in [9.17, 15) is 0 Å². The van der Waals surface area contributed by atoms with E-state index in [1.807, 2.05) is 7.05 Å². The zero-order chi connectivity index (χ0) is 12.8. The normalized spacial score (nSPS) is 10.7. The molecule has 0 saturated carbocycles. The van der Waals surface area contributed by atoms with E-state index in [0.717, 1.165) is 13.0 Å². The summed E-state index contributed by atoms with van der Waals surface area (Å²) < 4.78 is 2.17. The Morgan fingerprint density at radius 2 is 2.11 bits per heavy atom. The van der Waals surface area contributed by atoms with Crippen LogP contribution < -0.4 is 5.32 Å². The fourth-order valence-electron chi connectivity index (χ4n) is 2.37. The highest BCUT2D eigenvalue weighted by molar-refractivity contribution is 5.84. The molecule has 1 aromatic heterocycles. The summed E-state index contributed by atoms with van der Waals surface area (Å²) in [6.07, 6.45) is 11.2. The molecule has 0 fully saturated rings. The summed E-state index contributed by atoms with van der Waals surface area (Å²) in [5.41, 5.74) is 2.66. The molecule has 2 heteroatoms. The molecule has 0 radical (unpaired) electrons. The maximum absolute atomic E-state index is 5.42. The molecule has 0 saturated heterocycles. The van der Waals surface area contributed by atoms with Crippen molar-refractivity contribution in [2.24, 2.45) is 0 Å². The smallest absolute Gasteiger partial charge is 0.0835 e. The van der Waals surface area contributed by atoms with E-state index in [1.165, 1.54) is 29.3 Å². The van der Waals surface area contributed by atoms with E-state index in [4.69, 9.17) is 6.42 Å². The second-order valence-electron chi connectivity index (χ2n) is 4.56. The first-order chi connectivity index (χ1) is 8.86. The van der Waals surface area contributed by atoms with Crippen molar-refractivity contribution in [3.63, 3.8) is 0 Å². The van der Waals surface area contributed by atoms with Crippen LogP contribution in [0.4, 0.5) is 0 Å². The molecule has 0 bridgehead atoms. The number of benzene rings is 1. The van der Waals surface area contributed by atoms with Gasteiger partial charge in [0, 0.05) is 17.1 Å². The van der Waals surface area contributed by atoms with Crippen LogP contribution >= 0.6 is 0 Å². The number of para-hydroxylation sites is 1. The van der Waals surface area contributed by atoms with E-state index < -0.39 is 0 Å². The van der Waals surface area contributed by atoms with E-state index in [1.54, 1.807) is 0 Å². The molecule has 18 heavy (non-hydrogen) atoms. The van der Waals surface area contributed by atoms with Crippen LogP contribution in [0.2, 0.25) is 0 Å². The Labute approximate surface area is 109 Å². The van der Waals surface area contributed by atoms with Gasteiger partial charge < -0.3 is 9.88 Å². The molecule has 0 aliphatic carbocycles. The van der Waals surface area contributed by atoms with Gasteiger partial charge in [0.25, 0.3) is 0 Å². The molecule has 94 valence electrons. The molecule has 0 spiro atoms. The first-order valence-electron chi connectivity index (χ1n) is 6.51. The van der Waals surface area contributed by atoms with Crippen LogP contribution in [0.25, 0.3) is 10.9 Å². The minimum Gasteiger partial charge on any atom is -0.336 e. The number of rotatable bonds is 6. The predicted molar refractivity (Wildman–Crippen MR) is 77.6 cm³/mol. The van der Waals surface area contributed by atoms with Gasteiger partial charge in [-0.05, 0) is 44.5 Å². The third kappa shape index (κ3) is 2.75. The number of fused-ring (bicyclic) bond motifs is 1. The topological polar surface area (TPSA) is 17.0 Å². The van der Waals surface area contributed by atoms with Crippen molar-refractivity contribution < 1.29 is 0 Å². The third-order valence-corrected chi connectivity index (χ3v) is 3.26. The number of aromatic nitrogens is 1. The Bertz CT molecular complexity index is 546. The highest BCUT2D eigenvalue weighted by Gasteiger charge is 2.06. The molecule has 1 N–H and O–H groups in total. The summed E-state index contributed by atoms with van der Waals surface area (Å²) in [6.45, 7) is 1.74. The van der Waals surface area contributed by atoms with Crippen molar-refractivity contribution >= 4 is 10.9 Å². The van der Waals surface area contributed by atoms with Crippen molar-refractivity contribution in [2.45, 2.75) is 25.8 Å². The zero-order valence-corrected chi connectivity index (χ0v) is 10.9. The number of nitrogens with zero attached hydrogens (tertiary/aromatic N) is 1. The first kappa shape index (κ1) is 12.7. The quantitative estimate of drug-likeness (QED) is 0.607. The monoisotopic (exact) mass is 240 g/mol. The molecule has 1 heterocycles. The summed E-state index contributed by atoms with van der Waals surface area (Å²) in [5.74, 6) is 2.72. The largest absolute Gasteiger partial charge is 0.336 e. The fraction of sp³-hybridized carbons (Fsp3) is 0.375. The molecular formula is C16H20N2. The van der Waals surface area contributed by atoms with Gasteiger partial charge in [0.05, 0.1) is 6.54 Å². The summed E-state index contributed by atoms with van der Waals surface area (Å²) in [5, 5.41) is 4.53. The van der Waals surface area contributed by atoms with Gasteiger partial charge in [0.1, 0.15) is 0 Å². The lowest BCUT2D eigenvalue weighted by Gasteiger charge is -1.99. The molecule has 0 aliphatic heterocycles. The molecule has 0 atom stereocenters. The van der Waals surface area contributed by atoms with Crippen molar-refractivity contribution in [3.8, 4) is 12.3 Å². The maximum atomic E-state index is 5.42. The Balaban J connectivity index is 2.19. The lowest BCUT2D eigenvalue weighted by Crippen LogP contribution is -2.07. The van der Waals surface area contributed by atoms with Crippen LogP contribution in [-0.2, 0) is 13.0 Å². The number of terminal acetylenes is 1. The molecular weight excluding hydrogens is 220 g/mol. The molecule has 0 aliphatic rings. The molecule has 1 aromatic carbocycles. The van der Waals surface area contributed by atoms with E-state index in [0.29, 0.717) is 6.54 Å². The number of nitrogens with one attached hydrogen (secondary N) is 1. The zero-order valence-electron chi connectivity index (χ0n) is 10.9. The van der Waals surface area contributed by atoms with Gasteiger partial charge in [0.2, 0.25) is 0 Å². The minimum absolute atomic E-state index is 0.650. The van der Waals surface area contributed by atoms with Crippen molar-refractivity contribution in [3.05, 3.63) is 36.0 Å². The van der Waals surface area contributed by atoms with E-state index >= 15 is 0 Å². The molecule has 0 unspecified atom stereocenters. The Morgan fingerprint density at radius 3 is 2.89 bits per heavy atom. The second kappa shape index (κ2) is 6.28. The molecule has 2 rings (SSSR count). The summed E-state index contributed by atoms with van der Waals surface area (Å²) in [7, 11) is 2.00. The lowest BCUT2D eigenvalue weighted by atomic mass is 10.1. The van der Waals surface area contributed by atoms with Crippen LogP contribution in [0.1, 0.15) is 18.4 Å². The van der Waals surface area contributed by atoms with Crippen LogP contribution in [0.5, 0.6) is 0 Å². The average Bonchev–Trinajstić information content (AvgIpc) is 2.74. The van der Waals surface area contributed by atoms with Crippen molar-refractivity contribution in [1.82, 2.24) is 9.88 Å². The van der Waals surface area contributed by atoms with Crippen LogP contribution in [0, 0.1) is 12.3 Å². The minimum atomic E-state index is 0.650. The standard InChI is InChI=1S/C16H20N2/c1-3-12-18-13-14(8-6-7-11-17-2)15-9-4-5-10-16(15)18/h1,4-5,9-10,13,17H,6-8,11-12H2,2H3. The van der Waals surface area contributed by atoms with Gasteiger partial charge in [0.15, 0.2) is 0 Å². The van der Waals surface area contributed by atoms with Gasteiger partial charge in [-0.2, -0.15) is 0 Å². The van der Waals surface area contributed by atoms with E-state index in [2.05, 4.69) is 46.3 Å². The molecule has 0 amide bonds. The maximum Gasteiger partial charge on any atom is 0.0835 e. The molecule has 2 aromatic rings. The number of aryl methyl sites for hydroxylation is 1. The van der Waals surface area contributed by atoms with Crippen LogP contribution in [-0.4, -0.2) is 18.2 Å².